The Morgan fingerprint density at radius 2 is 1.38 bits per heavy atom. The highest BCUT2D eigenvalue weighted by molar-refractivity contribution is 5.85. The van der Waals surface area contributed by atoms with Crippen LogP contribution in [0.1, 0.15) is 22.4 Å². The van der Waals surface area contributed by atoms with Crippen LogP contribution in [-0.2, 0) is 21.5 Å². The van der Waals surface area contributed by atoms with Gasteiger partial charge in [0.1, 0.15) is 6.04 Å². The van der Waals surface area contributed by atoms with Gasteiger partial charge in [-0.05, 0) is 16.7 Å². The second-order valence-corrected chi connectivity index (χ2v) is 7.35. The fraction of sp³-hybridized carbons (Fsp3) is 0.154. The number of nitrogens with zero attached hydrogens (tertiary/aromatic N) is 1. The molecule has 0 aliphatic heterocycles. The van der Waals surface area contributed by atoms with Crippen LogP contribution in [0.3, 0.4) is 0 Å². The minimum atomic E-state index is -0.761. The zero-order valence-electron chi connectivity index (χ0n) is 17.8. The molecule has 0 bridgehead atoms. The average Bonchev–Trinajstić information content (AvgIpc) is 3.36. The lowest BCUT2D eigenvalue weighted by atomic mass is 9.76. The number of benzene rings is 3. The number of carbonyl (C=O) groups excluding carboxylic acids is 1. The third-order valence-corrected chi connectivity index (χ3v) is 5.48. The largest absolute Gasteiger partial charge is 0.468 e. The van der Waals surface area contributed by atoms with Gasteiger partial charge in [0.2, 0.25) is 0 Å². The van der Waals surface area contributed by atoms with Crippen LogP contribution in [-0.4, -0.2) is 29.1 Å². The Kier molecular flexibility index (Phi) is 7.82. The summed E-state index contributed by atoms with van der Waals surface area (Å²) in [6, 6.07) is 29.9. The van der Waals surface area contributed by atoms with Gasteiger partial charge in [-0.15, -0.1) is 12.4 Å². The number of carbonyl (C=O) groups is 1. The van der Waals surface area contributed by atoms with Crippen LogP contribution in [0.2, 0.25) is 0 Å². The molecule has 1 atom stereocenters. The van der Waals surface area contributed by atoms with E-state index in [-0.39, 0.29) is 18.4 Å². The van der Waals surface area contributed by atoms with Gasteiger partial charge in [0.15, 0.2) is 0 Å². The molecule has 4 aromatic rings. The maximum atomic E-state index is 12.9. The second kappa shape index (κ2) is 10.8. The fourth-order valence-electron chi connectivity index (χ4n) is 4.03. The molecule has 2 N–H and O–H groups in total. The molecular weight excluding hydrogens is 422 g/mol. The second-order valence-electron chi connectivity index (χ2n) is 7.35. The molecule has 1 heterocycles. The maximum absolute atomic E-state index is 12.9. The van der Waals surface area contributed by atoms with Crippen molar-refractivity contribution in [2.24, 2.45) is 0 Å². The van der Waals surface area contributed by atoms with Crippen molar-refractivity contribution in [1.82, 2.24) is 15.3 Å². The number of esters is 1. The van der Waals surface area contributed by atoms with Crippen LogP contribution in [0, 0.1) is 0 Å². The minimum absolute atomic E-state index is 0. The molecule has 1 aromatic heterocycles. The van der Waals surface area contributed by atoms with E-state index < -0.39 is 11.6 Å². The summed E-state index contributed by atoms with van der Waals surface area (Å²) in [6.07, 6.45) is 3.76. The van der Waals surface area contributed by atoms with Crippen molar-refractivity contribution >= 4 is 18.4 Å². The Balaban J connectivity index is 0.00000289. The highest BCUT2D eigenvalue weighted by Gasteiger charge is 2.40. The van der Waals surface area contributed by atoms with Crippen LogP contribution in [0.5, 0.6) is 0 Å². The van der Waals surface area contributed by atoms with Crippen molar-refractivity contribution < 1.29 is 9.53 Å². The number of nitrogens with one attached hydrogen (secondary N) is 2. The number of halogens is 1. The highest BCUT2D eigenvalue weighted by Crippen LogP contribution is 2.37. The topological polar surface area (TPSA) is 67.0 Å². The van der Waals surface area contributed by atoms with Crippen LogP contribution in [0.25, 0.3) is 0 Å². The van der Waals surface area contributed by atoms with Crippen molar-refractivity contribution in [1.29, 1.82) is 0 Å². The Hall–Kier alpha value is -3.41. The number of methoxy groups -OCH3 is 1. The van der Waals surface area contributed by atoms with E-state index in [1.807, 2.05) is 54.6 Å². The van der Waals surface area contributed by atoms with Gasteiger partial charge in [0.05, 0.1) is 19.0 Å². The Bertz CT molecular complexity index is 991. The summed E-state index contributed by atoms with van der Waals surface area (Å²) in [5.74, 6) is -0.332. The molecule has 6 heteroatoms. The van der Waals surface area contributed by atoms with Crippen molar-refractivity contribution in [2.75, 3.05) is 7.11 Å². The summed E-state index contributed by atoms with van der Waals surface area (Å²) >= 11 is 0. The molecular formula is C26H26ClN3O2. The van der Waals surface area contributed by atoms with Gasteiger partial charge in [0, 0.05) is 18.3 Å². The number of H-pyrrole nitrogens is 1. The molecule has 0 saturated carbocycles. The lowest BCUT2D eigenvalue weighted by molar-refractivity contribution is -0.143. The standard InChI is InChI=1S/C26H25N3O2.ClH/c1-31-25(30)24(17-23-18-27-19-28-23)29-26(20-11-5-2-6-12-20,21-13-7-3-8-14-21)22-15-9-4-10-16-22;/h2-16,18-19,24,29H,17H2,1H3,(H,27,28);1H. The van der Waals surface area contributed by atoms with Crippen LogP contribution >= 0.6 is 12.4 Å². The van der Waals surface area contributed by atoms with E-state index in [1.54, 1.807) is 12.5 Å². The molecule has 5 nitrogen and oxygen atoms in total. The predicted octanol–water partition coefficient (Wildman–Crippen LogP) is 4.50. The van der Waals surface area contributed by atoms with Gasteiger partial charge in [-0.1, -0.05) is 91.0 Å². The molecule has 0 aliphatic rings. The van der Waals surface area contributed by atoms with Gasteiger partial charge in [-0.3, -0.25) is 10.1 Å². The number of hydrogen-bond acceptors (Lipinski definition) is 4. The number of rotatable bonds is 8. The Morgan fingerprint density at radius 1 is 0.906 bits per heavy atom. The average molecular weight is 448 g/mol. The van der Waals surface area contributed by atoms with Crippen LogP contribution in [0.4, 0.5) is 0 Å². The summed E-state index contributed by atoms with van der Waals surface area (Å²) in [6.45, 7) is 0. The molecule has 0 saturated heterocycles. The van der Waals surface area contributed by atoms with Crippen molar-refractivity contribution in [3.8, 4) is 0 Å². The van der Waals surface area contributed by atoms with Crippen LogP contribution < -0.4 is 5.32 Å². The molecule has 32 heavy (non-hydrogen) atoms. The third-order valence-electron chi connectivity index (χ3n) is 5.48. The highest BCUT2D eigenvalue weighted by atomic mass is 35.5. The molecule has 1 unspecified atom stereocenters. The summed E-state index contributed by atoms with van der Waals surface area (Å²) in [7, 11) is 1.42. The molecule has 0 radical (unpaired) electrons. The smallest absolute Gasteiger partial charge is 0.323 e. The first-order valence-electron chi connectivity index (χ1n) is 10.2. The van der Waals surface area contributed by atoms with E-state index in [0.29, 0.717) is 6.42 Å². The monoisotopic (exact) mass is 447 g/mol. The minimum Gasteiger partial charge on any atom is -0.468 e. The van der Waals surface area contributed by atoms with Crippen molar-refractivity contribution in [3.63, 3.8) is 0 Å². The zero-order chi connectivity index (χ0) is 21.5. The fourth-order valence-corrected chi connectivity index (χ4v) is 4.03. The predicted molar refractivity (Wildman–Crippen MR) is 128 cm³/mol. The zero-order valence-corrected chi connectivity index (χ0v) is 18.6. The quantitative estimate of drug-likeness (QED) is 0.308. The number of aromatic nitrogens is 2. The molecule has 164 valence electrons. The first-order valence-corrected chi connectivity index (χ1v) is 10.2. The van der Waals surface area contributed by atoms with Crippen LogP contribution in [0.15, 0.2) is 104 Å². The SMILES string of the molecule is COC(=O)C(Cc1cnc[nH]1)NC(c1ccccc1)(c1ccccc1)c1ccccc1.Cl. The molecule has 3 aromatic carbocycles. The maximum Gasteiger partial charge on any atom is 0.323 e. The molecule has 0 spiro atoms. The van der Waals surface area contributed by atoms with E-state index in [2.05, 4.69) is 51.7 Å². The van der Waals surface area contributed by atoms with E-state index >= 15 is 0 Å². The lowest BCUT2D eigenvalue weighted by Crippen LogP contribution is -2.53. The summed E-state index contributed by atoms with van der Waals surface area (Å²) in [5, 5.41) is 3.68. The molecule has 4 rings (SSSR count). The molecule has 0 fully saturated rings. The van der Waals surface area contributed by atoms with Gasteiger partial charge < -0.3 is 9.72 Å². The van der Waals surface area contributed by atoms with Crippen molar-refractivity contribution in [2.45, 2.75) is 18.0 Å². The van der Waals surface area contributed by atoms with Crippen molar-refractivity contribution in [3.05, 3.63) is 126 Å². The third kappa shape index (κ3) is 4.74. The van der Waals surface area contributed by atoms with E-state index in [1.165, 1.54) is 7.11 Å². The van der Waals surface area contributed by atoms with Gasteiger partial charge in [0.25, 0.3) is 0 Å². The summed E-state index contributed by atoms with van der Waals surface area (Å²) < 4.78 is 5.18. The Morgan fingerprint density at radius 3 is 1.75 bits per heavy atom. The summed E-state index contributed by atoms with van der Waals surface area (Å²) in [5.41, 5.74) is 3.19. The number of imidazole rings is 1. The normalized spacial score (nSPS) is 11.9. The number of aromatic amines is 1. The molecule has 0 amide bonds. The van der Waals surface area contributed by atoms with E-state index in [4.69, 9.17) is 4.74 Å². The first kappa shape index (κ1) is 23.3. The van der Waals surface area contributed by atoms with Gasteiger partial charge >= 0.3 is 5.97 Å². The number of hydrogen-bond donors (Lipinski definition) is 2. The molecule has 0 aliphatic carbocycles. The van der Waals surface area contributed by atoms with E-state index in [9.17, 15) is 4.79 Å². The lowest BCUT2D eigenvalue weighted by Gasteiger charge is -2.39. The van der Waals surface area contributed by atoms with E-state index in [0.717, 1.165) is 22.4 Å². The summed E-state index contributed by atoms with van der Waals surface area (Å²) in [4.78, 5) is 20.1. The van der Waals surface area contributed by atoms with Gasteiger partial charge in [-0.25, -0.2) is 4.98 Å². The van der Waals surface area contributed by atoms with Gasteiger partial charge in [-0.2, -0.15) is 0 Å². The first-order chi connectivity index (χ1) is 15.2. The Labute approximate surface area is 194 Å². The number of ether oxygens (including phenoxy) is 1.